The molecule has 0 aromatic rings. The number of carbonyl (C=O) groups is 3. The van der Waals surface area contributed by atoms with Crippen LogP contribution in [0.5, 0.6) is 0 Å². The number of rotatable bonds is 35. The quantitative estimate of drug-likeness (QED) is 0.0380. The van der Waals surface area contributed by atoms with E-state index in [1.807, 2.05) is 0 Å². The Balaban J connectivity index is 4.17. The summed E-state index contributed by atoms with van der Waals surface area (Å²) < 4.78 is 16.5. The smallest absolute Gasteiger partial charge is 0.306 e. The summed E-state index contributed by atoms with van der Waals surface area (Å²) in [4.78, 5) is 37.2. The third-order valence-corrected chi connectivity index (χ3v) is 8.97. The summed E-state index contributed by atoms with van der Waals surface area (Å²) in [6.07, 6.45) is 29.9. The van der Waals surface area contributed by atoms with Gasteiger partial charge < -0.3 is 14.2 Å². The van der Waals surface area contributed by atoms with Gasteiger partial charge in [0.15, 0.2) is 6.10 Å². The average molecular weight is 667 g/mol. The summed E-state index contributed by atoms with van der Waals surface area (Å²) in [6.45, 7) is 11.2. The van der Waals surface area contributed by atoms with Crippen LogP contribution < -0.4 is 0 Å². The minimum Gasteiger partial charge on any atom is -0.462 e. The lowest BCUT2D eigenvalue weighted by Crippen LogP contribution is -2.30. The molecule has 0 radical (unpaired) electrons. The summed E-state index contributed by atoms with van der Waals surface area (Å²) >= 11 is 0. The molecule has 0 aliphatic rings. The van der Waals surface area contributed by atoms with Crippen molar-refractivity contribution < 1.29 is 28.6 Å². The van der Waals surface area contributed by atoms with Gasteiger partial charge in [0, 0.05) is 19.3 Å². The molecule has 1 atom stereocenters. The lowest BCUT2D eigenvalue weighted by Gasteiger charge is -2.18. The van der Waals surface area contributed by atoms with Gasteiger partial charge in [-0.15, -0.1) is 0 Å². The molecule has 0 rings (SSSR count). The molecule has 0 amide bonds. The molecule has 0 aromatic carbocycles. The highest BCUT2D eigenvalue weighted by atomic mass is 16.6. The average Bonchev–Trinajstić information content (AvgIpc) is 3.03. The lowest BCUT2D eigenvalue weighted by molar-refractivity contribution is -0.167. The van der Waals surface area contributed by atoms with Crippen LogP contribution in [0, 0.1) is 11.8 Å². The minimum atomic E-state index is -0.757. The Hall–Kier alpha value is -1.59. The van der Waals surface area contributed by atoms with Crippen LogP contribution in [0.25, 0.3) is 0 Å². The van der Waals surface area contributed by atoms with Gasteiger partial charge in [-0.25, -0.2) is 0 Å². The number of hydrogen-bond donors (Lipinski definition) is 0. The molecule has 6 nitrogen and oxygen atoms in total. The highest BCUT2D eigenvalue weighted by molar-refractivity contribution is 5.71. The Bertz CT molecular complexity index is 719. The molecule has 0 aromatic heterocycles. The third-order valence-electron chi connectivity index (χ3n) is 8.97. The van der Waals surface area contributed by atoms with Crippen molar-refractivity contribution in [2.24, 2.45) is 11.8 Å². The van der Waals surface area contributed by atoms with E-state index >= 15 is 0 Å². The Morgan fingerprint density at radius 1 is 0.404 bits per heavy atom. The standard InChI is InChI=1S/C41H78O6/c1-6-7-8-19-28-33-41(44)47-38(35-46-40(43)32-27-23-18-17-21-25-30-37(4)5)34-45-39(42)31-26-22-16-14-12-10-9-11-13-15-20-24-29-36(2)3/h36-38H,6-35H2,1-5H3/t38-/m0/s1. The lowest BCUT2D eigenvalue weighted by atomic mass is 10.0. The van der Waals surface area contributed by atoms with Crippen molar-refractivity contribution in [2.45, 2.75) is 221 Å². The summed E-state index contributed by atoms with van der Waals surface area (Å²) in [5.41, 5.74) is 0. The summed E-state index contributed by atoms with van der Waals surface area (Å²) in [5.74, 6) is 0.714. The van der Waals surface area contributed by atoms with E-state index in [1.165, 1.54) is 96.3 Å². The first kappa shape index (κ1) is 45.4. The maximum Gasteiger partial charge on any atom is 0.306 e. The second kappa shape index (κ2) is 34.3. The Kier molecular flexibility index (Phi) is 33.1. The highest BCUT2D eigenvalue weighted by Gasteiger charge is 2.19. The molecule has 0 bridgehead atoms. The topological polar surface area (TPSA) is 78.9 Å². The van der Waals surface area contributed by atoms with Crippen LogP contribution in [0.15, 0.2) is 0 Å². The van der Waals surface area contributed by atoms with Gasteiger partial charge in [-0.05, 0) is 31.1 Å². The fourth-order valence-corrected chi connectivity index (χ4v) is 5.87. The first-order valence-electron chi connectivity index (χ1n) is 20.2. The van der Waals surface area contributed by atoms with Crippen LogP contribution in [-0.2, 0) is 28.6 Å². The molecule has 47 heavy (non-hydrogen) atoms. The second-order valence-electron chi connectivity index (χ2n) is 14.9. The van der Waals surface area contributed by atoms with E-state index in [0.717, 1.165) is 76.0 Å². The maximum absolute atomic E-state index is 12.5. The molecule has 0 heterocycles. The van der Waals surface area contributed by atoms with Crippen LogP contribution >= 0.6 is 0 Å². The van der Waals surface area contributed by atoms with E-state index in [1.54, 1.807) is 0 Å². The zero-order chi connectivity index (χ0) is 34.8. The molecule has 0 saturated heterocycles. The molecular weight excluding hydrogens is 588 g/mol. The molecule has 0 aliphatic heterocycles. The normalized spacial score (nSPS) is 12.1. The second-order valence-corrected chi connectivity index (χ2v) is 14.9. The maximum atomic E-state index is 12.5. The molecule has 0 fully saturated rings. The zero-order valence-electron chi connectivity index (χ0n) is 31.9. The van der Waals surface area contributed by atoms with Crippen LogP contribution in [0.1, 0.15) is 214 Å². The highest BCUT2D eigenvalue weighted by Crippen LogP contribution is 2.16. The van der Waals surface area contributed by atoms with Gasteiger partial charge in [-0.2, -0.15) is 0 Å². The van der Waals surface area contributed by atoms with Crippen molar-refractivity contribution in [3.63, 3.8) is 0 Å². The number of esters is 3. The molecule has 0 unspecified atom stereocenters. The predicted molar refractivity (Wildman–Crippen MR) is 196 cm³/mol. The molecule has 0 aliphatic carbocycles. The van der Waals surface area contributed by atoms with Gasteiger partial charge in [-0.3, -0.25) is 14.4 Å². The molecule has 278 valence electrons. The number of unbranched alkanes of at least 4 members (excludes halogenated alkanes) is 20. The van der Waals surface area contributed by atoms with Gasteiger partial charge in [0.05, 0.1) is 0 Å². The predicted octanol–water partition coefficient (Wildman–Crippen LogP) is 12.2. The number of hydrogen-bond acceptors (Lipinski definition) is 6. The van der Waals surface area contributed by atoms with Crippen molar-refractivity contribution in [3.05, 3.63) is 0 Å². The largest absolute Gasteiger partial charge is 0.462 e. The van der Waals surface area contributed by atoms with Crippen molar-refractivity contribution in [3.8, 4) is 0 Å². The van der Waals surface area contributed by atoms with E-state index in [9.17, 15) is 14.4 Å². The summed E-state index contributed by atoms with van der Waals surface area (Å²) in [7, 11) is 0. The van der Waals surface area contributed by atoms with E-state index in [-0.39, 0.29) is 31.1 Å². The van der Waals surface area contributed by atoms with Gasteiger partial charge in [0.25, 0.3) is 0 Å². The van der Waals surface area contributed by atoms with Crippen LogP contribution in [0.2, 0.25) is 0 Å². The number of ether oxygens (including phenoxy) is 3. The van der Waals surface area contributed by atoms with Crippen molar-refractivity contribution >= 4 is 17.9 Å². The van der Waals surface area contributed by atoms with E-state index in [2.05, 4.69) is 34.6 Å². The Morgan fingerprint density at radius 3 is 1.04 bits per heavy atom. The first-order valence-corrected chi connectivity index (χ1v) is 20.2. The Labute approximate surface area is 291 Å². The van der Waals surface area contributed by atoms with Crippen LogP contribution in [-0.4, -0.2) is 37.2 Å². The fourth-order valence-electron chi connectivity index (χ4n) is 5.87. The molecule has 0 spiro atoms. The summed E-state index contributed by atoms with van der Waals surface area (Å²) in [5, 5.41) is 0. The van der Waals surface area contributed by atoms with E-state index in [4.69, 9.17) is 14.2 Å². The van der Waals surface area contributed by atoms with Gasteiger partial charge >= 0.3 is 17.9 Å². The molecule has 0 saturated carbocycles. The monoisotopic (exact) mass is 667 g/mol. The molecular formula is C41H78O6. The van der Waals surface area contributed by atoms with Gasteiger partial charge in [0.2, 0.25) is 0 Å². The summed E-state index contributed by atoms with van der Waals surface area (Å²) in [6, 6.07) is 0. The minimum absolute atomic E-state index is 0.0677. The number of carbonyl (C=O) groups excluding carboxylic acids is 3. The fraction of sp³-hybridized carbons (Fsp3) is 0.927. The van der Waals surface area contributed by atoms with E-state index < -0.39 is 6.10 Å². The van der Waals surface area contributed by atoms with E-state index in [0.29, 0.717) is 19.3 Å². The first-order chi connectivity index (χ1) is 22.7. The van der Waals surface area contributed by atoms with Crippen LogP contribution in [0.4, 0.5) is 0 Å². The van der Waals surface area contributed by atoms with Crippen molar-refractivity contribution in [1.82, 2.24) is 0 Å². The van der Waals surface area contributed by atoms with Gasteiger partial charge in [0.1, 0.15) is 13.2 Å². The molecule has 0 N–H and O–H groups in total. The third kappa shape index (κ3) is 35.5. The molecule has 6 heteroatoms. The van der Waals surface area contributed by atoms with Crippen molar-refractivity contribution in [2.75, 3.05) is 13.2 Å². The van der Waals surface area contributed by atoms with Crippen molar-refractivity contribution in [1.29, 1.82) is 0 Å². The SMILES string of the molecule is CCCCCCCC(=O)O[C@@H](COC(=O)CCCCCCCCCCCCCCC(C)C)COC(=O)CCCCCCCCC(C)C. The van der Waals surface area contributed by atoms with Gasteiger partial charge in [-0.1, -0.05) is 176 Å². The Morgan fingerprint density at radius 2 is 0.702 bits per heavy atom. The van der Waals surface area contributed by atoms with Crippen LogP contribution in [0.3, 0.4) is 0 Å². The zero-order valence-corrected chi connectivity index (χ0v) is 31.9.